The zero-order valence-corrected chi connectivity index (χ0v) is 12.1. The Morgan fingerprint density at radius 3 is 2.61 bits per heavy atom. The van der Waals surface area contributed by atoms with E-state index in [0.29, 0.717) is 17.8 Å². The molecule has 1 rings (SSSR count). The third-order valence-corrected chi connectivity index (χ3v) is 3.68. The van der Waals surface area contributed by atoms with Gasteiger partial charge in [-0.05, 0) is 24.3 Å². The molecule has 4 heteroatoms. The quantitative estimate of drug-likeness (QED) is 0.633. The summed E-state index contributed by atoms with van der Waals surface area (Å²) in [6.45, 7) is 6.55. The molecule has 0 saturated carbocycles. The number of para-hydroxylation sites is 2. The van der Waals surface area contributed by atoms with Crippen LogP contribution in [0.5, 0.6) is 0 Å². The Bertz CT molecular complexity index is 399. The second-order valence-corrected chi connectivity index (χ2v) is 7.12. The van der Waals surface area contributed by atoms with E-state index in [-0.39, 0.29) is 10.7 Å². The van der Waals surface area contributed by atoms with Crippen LogP contribution >= 0.6 is 11.8 Å². The summed E-state index contributed by atoms with van der Waals surface area (Å²) in [7, 11) is 0. The van der Waals surface area contributed by atoms with E-state index in [1.165, 1.54) is 0 Å². The molecule has 0 aliphatic rings. The van der Waals surface area contributed by atoms with Crippen molar-refractivity contribution < 1.29 is 4.79 Å². The largest absolute Gasteiger partial charge is 0.397 e. The number of nitrogens with one attached hydrogen (secondary N) is 1. The van der Waals surface area contributed by atoms with Gasteiger partial charge in [0.05, 0.1) is 11.4 Å². The van der Waals surface area contributed by atoms with Crippen LogP contribution in [0, 0.1) is 0 Å². The molecule has 0 unspecified atom stereocenters. The molecule has 3 nitrogen and oxygen atoms in total. The van der Waals surface area contributed by atoms with Crippen molar-refractivity contribution >= 4 is 29.0 Å². The van der Waals surface area contributed by atoms with E-state index in [1.807, 2.05) is 30.0 Å². The predicted molar refractivity (Wildman–Crippen MR) is 80.9 cm³/mol. The number of anilines is 2. The lowest BCUT2D eigenvalue weighted by molar-refractivity contribution is -0.116. The number of hydrogen-bond acceptors (Lipinski definition) is 3. The zero-order valence-electron chi connectivity index (χ0n) is 11.3. The lowest BCUT2D eigenvalue weighted by Gasteiger charge is -2.17. The van der Waals surface area contributed by atoms with Crippen LogP contribution in [0.15, 0.2) is 24.3 Å². The first-order chi connectivity index (χ1) is 8.38. The maximum Gasteiger partial charge on any atom is 0.224 e. The maximum atomic E-state index is 11.7. The number of hydrogen-bond donors (Lipinski definition) is 2. The van der Waals surface area contributed by atoms with Crippen LogP contribution < -0.4 is 11.1 Å². The molecule has 1 aromatic carbocycles. The van der Waals surface area contributed by atoms with Gasteiger partial charge in [-0.2, -0.15) is 11.8 Å². The van der Waals surface area contributed by atoms with Crippen molar-refractivity contribution in [2.75, 3.05) is 16.8 Å². The summed E-state index contributed by atoms with van der Waals surface area (Å²) in [6.07, 6.45) is 1.43. The Labute approximate surface area is 114 Å². The van der Waals surface area contributed by atoms with E-state index >= 15 is 0 Å². The number of carbonyl (C=O) groups is 1. The first-order valence-electron chi connectivity index (χ1n) is 6.17. The number of benzene rings is 1. The highest BCUT2D eigenvalue weighted by Crippen LogP contribution is 2.24. The van der Waals surface area contributed by atoms with Gasteiger partial charge in [0.25, 0.3) is 0 Å². The van der Waals surface area contributed by atoms with Crippen molar-refractivity contribution in [1.29, 1.82) is 0 Å². The number of thioether (sulfide) groups is 1. The van der Waals surface area contributed by atoms with E-state index < -0.39 is 0 Å². The lowest BCUT2D eigenvalue weighted by atomic mass is 10.2. The Balaban J connectivity index is 2.29. The van der Waals surface area contributed by atoms with Crippen molar-refractivity contribution in [2.45, 2.75) is 38.4 Å². The summed E-state index contributed by atoms with van der Waals surface area (Å²) in [5.41, 5.74) is 7.07. The van der Waals surface area contributed by atoms with Crippen LogP contribution in [0.25, 0.3) is 0 Å². The molecule has 0 heterocycles. The van der Waals surface area contributed by atoms with Crippen LogP contribution in [-0.4, -0.2) is 16.4 Å². The summed E-state index contributed by atoms with van der Waals surface area (Å²) in [6, 6.07) is 7.31. The molecule has 0 aliphatic carbocycles. The minimum absolute atomic E-state index is 0.0300. The molecule has 0 aromatic heterocycles. The fourth-order valence-corrected chi connectivity index (χ4v) is 2.34. The van der Waals surface area contributed by atoms with E-state index in [1.54, 1.807) is 6.07 Å². The van der Waals surface area contributed by atoms with Crippen molar-refractivity contribution in [3.63, 3.8) is 0 Å². The molecule has 1 aromatic rings. The van der Waals surface area contributed by atoms with Crippen LogP contribution in [-0.2, 0) is 4.79 Å². The zero-order chi connectivity index (χ0) is 13.6. The van der Waals surface area contributed by atoms with Crippen molar-refractivity contribution in [2.24, 2.45) is 0 Å². The standard InChI is InChI=1S/C14H22N2OS/c1-14(2,3)18-10-6-9-13(17)16-12-8-5-4-7-11(12)15/h4-5,7-8H,6,9-10,15H2,1-3H3,(H,16,17). The Morgan fingerprint density at radius 1 is 1.33 bits per heavy atom. The molecule has 0 radical (unpaired) electrons. The SMILES string of the molecule is CC(C)(C)SCCCC(=O)Nc1ccccc1N. The number of amides is 1. The van der Waals surface area contributed by atoms with Crippen molar-refractivity contribution in [3.05, 3.63) is 24.3 Å². The number of nitrogen functional groups attached to an aromatic ring is 1. The first-order valence-corrected chi connectivity index (χ1v) is 7.15. The average molecular weight is 266 g/mol. The molecule has 100 valence electrons. The molecule has 0 spiro atoms. The second kappa shape index (κ2) is 6.69. The Hall–Kier alpha value is -1.16. The van der Waals surface area contributed by atoms with Crippen molar-refractivity contribution in [1.82, 2.24) is 0 Å². The molecule has 0 saturated heterocycles. The predicted octanol–water partition coefficient (Wildman–Crippen LogP) is 3.52. The lowest BCUT2D eigenvalue weighted by Crippen LogP contribution is -2.14. The smallest absolute Gasteiger partial charge is 0.224 e. The third-order valence-electron chi connectivity index (χ3n) is 2.32. The van der Waals surface area contributed by atoms with E-state index in [9.17, 15) is 4.79 Å². The van der Waals surface area contributed by atoms with Crippen LogP contribution in [0.3, 0.4) is 0 Å². The van der Waals surface area contributed by atoms with Gasteiger partial charge in [-0.3, -0.25) is 4.79 Å². The number of rotatable bonds is 5. The molecular formula is C14H22N2OS. The topological polar surface area (TPSA) is 55.1 Å². The average Bonchev–Trinajstić information content (AvgIpc) is 2.26. The Kier molecular flexibility index (Phi) is 5.54. The van der Waals surface area contributed by atoms with Crippen LogP contribution in [0.4, 0.5) is 11.4 Å². The van der Waals surface area contributed by atoms with Crippen LogP contribution in [0.1, 0.15) is 33.6 Å². The normalized spacial score (nSPS) is 11.3. The number of carbonyl (C=O) groups excluding carboxylic acids is 1. The summed E-state index contributed by atoms with van der Waals surface area (Å²) in [5, 5.41) is 2.83. The van der Waals surface area contributed by atoms with Crippen LogP contribution in [0.2, 0.25) is 0 Å². The van der Waals surface area contributed by atoms with E-state index in [2.05, 4.69) is 26.1 Å². The van der Waals surface area contributed by atoms with Gasteiger partial charge >= 0.3 is 0 Å². The highest BCUT2D eigenvalue weighted by Gasteiger charge is 2.10. The fraction of sp³-hybridized carbons (Fsp3) is 0.500. The van der Waals surface area contributed by atoms with E-state index in [0.717, 1.165) is 12.2 Å². The first kappa shape index (κ1) is 14.9. The fourth-order valence-electron chi connectivity index (χ4n) is 1.43. The van der Waals surface area contributed by atoms with Crippen molar-refractivity contribution in [3.8, 4) is 0 Å². The second-order valence-electron chi connectivity index (χ2n) is 5.20. The molecule has 0 aliphatic heterocycles. The molecule has 1 amide bonds. The molecule has 3 N–H and O–H groups in total. The van der Waals surface area contributed by atoms with Gasteiger partial charge in [0, 0.05) is 11.2 Å². The molecule has 18 heavy (non-hydrogen) atoms. The van der Waals surface area contributed by atoms with Gasteiger partial charge in [-0.15, -0.1) is 0 Å². The van der Waals surface area contributed by atoms with Gasteiger partial charge in [0.15, 0.2) is 0 Å². The Morgan fingerprint density at radius 2 is 2.00 bits per heavy atom. The molecule has 0 fully saturated rings. The highest BCUT2D eigenvalue weighted by molar-refractivity contribution is 8.00. The minimum atomic E-state index is 0.0300. The highest BCUT2D eigenvalue weighted by atomic mass is 32.2. The van der Waals surface area contributed by atoms with Gasteiger partial charge in [0.2, 0.25) is 5.91 Å². The van der Waals surface area contributed by atoms with Gasteiger partial charge < -0.3 is 11.1 Å². The third kappa shape index (κ3) is 5.96. The summed E-state index contributed by atoms with van der Waals surface area (Å²) >= 11 is 1.88. The molecule has 0 bridgehead atoms. The van der Waals surface area contributed by atoms with E-state index in [4.69, 9.17) is 5.73 Å². The minimum Gasteiger partial charge on any atom is -0.397 e. The van der Waals surface area contributed by atoms with Gasteiger partial charge in [-0.1, -0.05) is 32.9 Å². The summed E-state index contributed by atoms with van der Waals surface area (Å²) in [5.74, 6) is 1.03. The van der Waals surface area contributed by atoms with Gasteiger partial charge in [-0.25, -0.2) is 0 Å². The summed E-state index contributed by atoms with van der Waals surface area (Å²) < 4.78 is 0.264. The van der Waals surface area contributed by atoms with Gasteiger partial charge in [0.1, 0.15) is 0 Å². The number of nitrogens with two attached hydrogens (primary N) is 1. The monoisotopic (exact) mass is 266 g/mol. The summed E-state index contributed by atoms with van der Waals surface area (Å²) in [4.78, 5) is 11.7. The maximum absolute atomic E-state index is 11.7. The molecular weight excluding hydrogens is 244 g/mol. The molecule has 0 atom stereocenters.